The predicted octanol–water partition coefficient (Wildman–Crippen LogP) is 2.19. The fourth-order valence-electron chi connectivity index (χ4n) is 5.72. The normalized spacial score (nSPS) is 18.7. The summed E-state index contributed by atoms with van der Waals surface area (Å²) in [5.74, 6) is -0.479. The van der Waals surface area contributed by atoms with Crippen molar-refractivity contribution in [2.75, 3.05) is 38.0 Å². The van der Waals surface area contributed by atoms with E-state index in [4.69, 9.17) is 9.72 Å². The number of rotatable bonds is 10. The number of nitrogens with one attached hydrogen (secondary N) is 3. The second-order valence-corrected chi connectivity index (χ2v) is 10.7. The molecule has 1 saturated carbocycles. The predicted molar refractivity (Wildman–Crippen MR) is 141 cm³/mol. The minimum Gasteiger partial charge on any atom is -0.480 e. The lowest BCUT2D eigenvalue weighted by Crippen LogP contribution is -2.64. The summed E-state index contributed by atoms with van der Waals surface area (Å²) >= 11 is 0. The van der Waals surface area contributed by atoms with Crippen molar-refractivity contribution in [2.24, 2.45) is 11.3 Å². The molecule has 1 aliphatic carbocycles. The number of aromatic nitrogens is 1. The van der Waals surface area contributed by atoms with Crippen LogP contribution in [0.5, 0.6) is 0 Å². The van der Waals surface area contributed by atoms with Crippen molar-refractivity contribution in [3.63, 3.8) is 0 Å². The number of carboxylic acids is 1. The Bertz CT molecular complexity index is 1160. The summed E-state index contributed by atoms with van der Waals surface area (Å²) < 4.78 is 5.09. The van der Waals surface area contributed by atoms with E-state index < -0.39 is 18.1 Å². The van der Waals surface area contributed by atoms with Gasteiger partial charge in [0.1, 0.15) is 18.5 Å². The standard InChI is InChI=1S/C28H35N5O5/c34-25(30-15-23(26(35)36)32-27(37)38-16-19-5-2-1-3-6-19)21-13-28(14-21)17-33(18-28)12-10-22-9-8-20-7-4-11-29-24(20)31-22/h1-3,5-6,8-9,21,23H,4,7,10-18H2,(H,29,31)(H,30,34)(H,32,37)(H,35,36). The first-order valence-corrected chi connectivity index (χ1v) is 13.3. The third kappa shape index (κ3) is 6.24. The summed E-state index contributed by atoms with van der Waals surface area (Å²) in [5.41, 5.74) is 3.40. The largest absolute Gasteiger partial charge is 0.480 e. The third-order valence-electron chi connectivity index (χ3n) is 7.77. The summed E-state index contributed by atoms with van der Waals surface area (Å²) in [5, 5.41) is 17.8. The fourth-order valence-corrected chi connectivity index (χ4v) is 5.72. The molecule has 3 aliphatic rings. The number of likely N-dealkylation sites (tertiary alicyclic amines) is 1. The molecule has 1 aromatic carbocycles. The lowest BCUT2D eigenvalue weighted by molar-refractivity contribution is -0.145. The van der Waals surface area contributed by atoms with Crippen molar-refractivity contribution >= 4 is 23.8 Å². The molecule has 5 rings (SSSR count). The lowest BCUT2D eigenvalue weighted by atomic mass is 9.57. The lowest BCUT2D eigenvalue weighted by Gasteiger charge is -2.58. The minimum absolute atomic E-state index is 0.0353. The van der Waals surface area contributed by atoms with E-state index in [0.717, 1.165) is 75.4 Å². The second-order valence-electron chi connectivity index (χ2n) is 10.7. The fraction of sp³-hybridized carbons (Fsp3) is 0.500. The zero-order valence-corrected chi connectivity index (χ0v) is 21.4. The molecule has 4 N–H and O–H groups in total. The monoisotopic (exact) mass is 521 g/mol. The van der Waals surface area contributed by atoms with Crippen molar-refractivity contribution < 1.29 is 24.2 Å². The number of benzene rings is 1. The van der Waals surface area contributed by atoms with E-state index in [1.165, 1.54) is 5.56 Å². The van der Waals surface area contributed by atoms with Gasteiger partial charge in [0, 0.05) is 50.8 Å². The highest BCUT2D eigenvalue weighted by molar-refractivity contribution is 5.83. The van der Waals surface area contributed by atoms with Crippen LogP contribution in [0, 0.1) is 11.3 Å². The SMILES string of the molecule is O=C(NC(CNC(=O)C1CC2(C1)CN(CCc1ccc3c(n1)NCCC3)C2)C(=O)O)OCc1ccccc1. The molecular weight excluding hydrogens is 486 g/mol. The molecule has 1 saturated heterocycles. The number of pyridine rings is 1. The van der Waals surface area contributed by atoms with Crippen LogP contribution in [0.1, 0.15) is 36.1 Å². The molecule has 1 aromatic heterocycles. The van der Waals surface area contributed by atoms with E-state index in [1.807, 2.05) is 18.2 Å². The number of nitrogens with zero attached hydrogens (tertiary/aromatic N) is 2. The Balaban J connectivity index is 0.986. The first-order chi connectivity index (χ1) is 18.4. The Morgan fingerprint density at radius 3 is 2.71 bits per heavy atom. The molecule has 0 radical (unpaired) electrons. The van der Waals surface area contributed by atoms with E-state index in [-0.39, 0.29) is 30.4 Å². The number of amides is 2. The molecule has 1 unspecified atom stereocenters. The summed E-state index contributed by atoms with van der Waals surface area (Å²) in [6.07, 6.45) is 3.93. The first-order valence-electron chi connectivity index (χ1n) is 13.3. The quantitative estimate of drug-likeness (QED) is 0.374. The minimum atomic E-state index is -1.26. The van der Waals surface area contributed by atoms with Gasteiger partial charge < -0.3 is 30.7 Å². The van der Waals surface area contributed by atoms with E-state index in [2.05, 4.69) is 33.0 Å². The smallest absolute Gasteiger partial charge is 0.408 e. The van der Waals surface area contributed by atoms with Crippen LogP contribution in [0.4, 0.5) is 10.6 Å². The molecule has 2 amide bonds. The van der Waals surface area contributed by atoms with Gasteiger partial charge in [0.2, 0.25) is 5.91 Å². The van der Waals surface area contributed by atoms with Crippen molar-refractivity contribution in [3.8, 4) is 0 Å². The molecule has 202 valence electrons. The average molecular weight is 522 g/mol. The highest BCUT2D eigenvalue weighted by Crippen LogP contribution is 2.51. The Morgan fingerprint density at radius 1 is 1.16 bits per heavy atom. The molecular formula is C28H35N5O5. The van der Waals surface area contributed by atoms with Gasteiger partial charge >= 0.3 is 12.1 Å². The van der Waals surface area contributed by atoms with Crippen LogP contribution >= 0.6 is 0 Å². The van der Waals surface area contributed by atoms with Crippen LogP contribution in [0.25, 0.3) is 0 Å². The molecule has 2 aliphatic heterocycles. The van der Waals surface area contributed by atoms with Crippen molar-refractivity contribution in [2.45, 2.75) is 44.8 Å². The van der Waals surface area contributed by atoms with E-state index in [1.54, 1.807) is 12.1 Å². The first kappa shape index (κ1) is 26.0. The number of anilines is 1. The van der Waals surface area contributed by atoms with Gasteiger partial charge in [-0.2, -0.15) is 0 Å². The number of carbonyl (C=O) groups excluding carboxylic acids is 2. The van der Waals surface area contributed by atoms with Crippen LogP contribution in [-0.2, 0) is 33.8 Å². The van der Waals surface area contributed by atoms with Crippen LogP contribution in [-0.4, -0.2) is 71.7 Å². The molecule has 10 nitrogen and oxygen atoms in total. The van der Waals surface area contributed by atoms with Crippen LogP contribution in [0.3, 0.4) is 0 Å². The van der Waals surface area contributed by atoms with E-state index in [9.17, 15) is 19.5 Å². The Kier molecular flexibility index (Phi) is 7.78. The number of aryl methyl sites for hydroxylation is 1. The van der Waals surface area contributed by atoms with Crippen molar-refractivity contribution in [1.29, 1.82) is 0 Å². The second kappa shape index (κ2) is 11.4. The number of fused-ring (bicyclic) bond motifs is 1. The molecule has 2 aromatic rings. The summed E-state index contributed by atoms with van der Waals surface area (Å²) in [4.78, 5) is 43.4. The Morgan fingerprint density at radius 2 is 1.95 bits per heavy atom. The number of ether oxygens (including phenoxy) is 1. The highest BCUT2D eigenvalue weighted by Gasteiger charge is 2.53. The molecule has 3 heterocycles. The van der Waals surface area contributed by atoms with E-state index >= 15 is 0 Å². The average Bonchev–Trinajstić information content (AvgIpc) is 2.88. The summed E-state index contributed by atoms with van der Waals surface area (Å²) in [6, 6.07) is 12.2. The van der Waals surface area contributed by atoms with Crippen LogP contribution in [0.2, 0.25) is 0 Å². The van der Waals surface area contributed by atoms with Gasteiger partial charge in [0.15, 0.2) is 0 Å². The number of aliphatic carboxylic acids is 1. The van der Waals surface area contributed by atoms with Gasteiger partial charge in [-0.3, -0.25) is 4.79 Å². The number of hydrogen-bond acceptors (Lipinski definition) is 7. The molecule has 2 fully saturated rings. The van der Waals surface area contributed by atoms with Gasteiger partial charge in [0.25, 0.3) is 0 Å². The summed E-state index contributed by atoms with van der Waals surface area (Å²) in [6.45, 7) is 3.75. The molecule has 0 bridgehead atoms. The third-order valence-corrected chi connectivity index (χ3v) is 7.77. The molecule has 1 atom stereocenters. The van der Waals surface area contributed by atoms with Gasteiger partial charge in [-0.05, 0) is 48.3 Å². The number of alkyl carbamates (subject to hydrolysis) is 1. The molecule has 38 heavy (non-hydrogen) atoms. The Hall–Kier alpha value is -3.66. The van der Waals surface area contributed by atoms with Gasteiger partial charge in [-0.25, -0.2) is 14.6 Å². The zero-order chi connectivity index (χ0) is 26.5. The zero-order valence-electron chi connectivity index (χ0n) is 21.4. The van der Waals surface area contributed by atoms with Crippen molar-refractivity contribution in [3.05, 3.63) is 59.3 Å². The van der Waals surface area contributed by atoms with Crippen LogP contribution < -0.4 is 16.0 Å². The number of carbonyl (C=O) groups is 3. The van der Waals surface area contributed by atoms with Gasteiger partial charge in [-0.15, -0.1) is 0 Å². The maximum atomic E-state index is 12.6. The Labute approximate surface area is 222 Å². The van der Waals surface area contributed by atoms with E-state index in [0.29, 0.717) is 0 Å². The summed E-state index contributed by atoms with van der Waals surface area (Å²) in [7, 11) is 0. The topological polar surface area (TPSA) is 133 Å². The number of carboxylic acid groups (broad SMARTS) is 1. The van der Waals surface area contributed by atoms with Gasteiger partial charge in [-0.1, -0.05) is 36.4 Å². The maximum absolute atomic E-state index is 12.6. The molecule has 1 spiro atoms. The highest BCUT2D eigenvalue weighted by atomic mass is 16.5. The number of hydrogen-bond donors (Lipinski definition) is 4. The maximum Gasteiger partial charge on any atom is 0.408 e. The molecule has 10 heteroatoms. The van der Waals surface area contributed by atoms with Crippen LogP contribution in [0.15, 0.2) is 42.5 Å². The van der Waals surface area contributed by atoms with Gasteiger partial charge in [0.05, 0.1) is 0 Å². The van der Waals surface area contributed by atoms with Crippen molar-refractivity contribution in [1.82, 2.24) is 20.5 Å².